The van der Waals surface area contributed by atoms with E-state index in [2.05, 4.69) is 60.6 Å². The highest BCUT2D eigenvalue weighted by Gasteiger charge is 2.68. The number of carbonyl (C=O) groups excluding carboxylic acids is 1. The number of hydrogen-bond donors (Lipinski definition) is 2. The maximum atomic E-state index is 12.9. The second kappa shape index (κ2) is 9.46. The van der Waals surface area contributed by atoms with Crippen LogP contribution in [0.4, 0.5) is 0 Å². The van der Waals surface area contributed by atoms with Gasteiger partial charge in [-0.3, -0.25) is 14.4 Å². The van der Waals surface area contributed by atoms with Gasteiger partial charge in [-0.15, -0.1) is 0 Å². The fourth-order valence-electron chi connectivity index (χ4n) is 10.8. The highest BCUT2D eigenvalue weighted by Crippen LogP contribution is 2.74. The van der Waals surface area contributed by atoms with Gasteiger partial charge in [0.15, 0.2) is 0 Å². The molecular weight excluding hydrogens is 504 g/mol. The number of rotatable bonds is 5. The minimum atomic E-state index is -0.982. The molecule has 222 valence electrons. The van der Waals surface area contributed by atoms with Gasteiger partial charge in [0.05, 0.1) is 18.3 Å². The van der Waals surface area contributed by atoms with Crippen LogP contribution in [-0.4, -0.2) is 34.2 Å². The van der Waals surface area contributed by atoms with Crippen molar-refractivity contribution >= 4 is 17.9 Å². The Balaban J connectivity index is 1.51. The molecule has 6 nitrogen and oxygen atoms in total. The van der Waals surface area contributed by atoms with Crippen LogP contribution in [0.25, 0.3) is 0 Å². The van der Waals surface area contributed by atoms with Gasteiger partial charge in [0, 0.05) is 5.41 Å². The molecule has 2 N–H and O–H groups in total. The van der Waals surface area contributed by atoms with Crippen molar-refractivity contribution in [1.29, 1.82) is 0 Å². The SMILES string of the molecule is C[C@H]1[C@H](C)CC[C@]2(C(=O)O)CC[C@]3(C)C(=CC=C4[C@@]5(C)CC[C@H](OC(=O)CCC(=O)O)C(C)(C)[C@@H]5CC[C@]43C)[C@H]12. The van der Waals surface area contributed by atoms with E-state index in [1.165, 1.54) is 11.1 Å². The molecule has 5 rings (SSSR count). The first-order valence-electron chi connectivity index (χ1n) is 15.6. The summed E-state index contributed by atoms with van der Waals surface area (Å²) in [4.78, 5) is 36.4. The first-order valence-corrected chi connectivity index (χ1v) is 15.6. The summed E-state index contributed by atoms with van der Waals surface area (Å²) in [6.45, 7) is 16.4. The Morgan fingerprint density at radius 1 is 0.850 bits per heavy atom. The Hall–Kier alpha value is -2.11. The molecule has 0 radical (unpaired) electrons. The molecule has 0 aliphatic heterocycles. The predicted molar refractivity (Wildman–Crippen MR) is 153 cm³/mol. The molecule has 0 spiro atoms. The average Bonchev–Trinajstić information content (AvgIpc) is 2.87. The fourth-order valence-corrected chi connectivity index (χ4v) is 10.8. The van der Waals surface area contributed by atoms with E-state index >= 15 is 0 Å². The monoisotopic (exact) mass is 554 g/mol. The first-order chi connectivity index (χ1) is 18.5. The standard InChI is InChI=1S/C34H50O6/c1-20-12-17-34(29(38)39)19-18-32(6)22(28(34)21(20)2)8-9-24-31(5)15-14-25(40-27(37)11-10-26(35)36)30(3,4)23(31)13-16-33(24,32)7/h8-9,20-21,23,25,28H,10-19H2,1-7H3,(H,35,36)(H,38,39)/t20-,21+,23+,25+,28+,31+,32-,33-,34+/m1/s1. The predicted octanol–water partition coefficient (Wildman–Crippen LogP) is 7.43. The first kappa shape index (κ1) is 29.4. The molecule has 4 saturated carbocycles. The molecule has 0 unspecified atom stereocenters. The Morgan fingerprint density at radius 2 is 1.55 bits per heavy atom. The number of esters is 1. The second-order valence-electron chi connectivity index (χ2n) is 15.4. The summed E-state index contributed by atoms with van der Waals surface area (Å²) in [5.74, 6) is -0.740. The van der Waals surface area contributed by atoms with Crippen molar-refractivity contribution in [3.8, 4) is 0 Å². The third-order valence-corrected chi connectivity index (χ3v) is 13.6. The third-order valence-electron chi connectivity index (χ3n) is 13.6. The lowest BCUT2D eigenvalue weighted by Crippen LogP contribution is -2.62. The molecule has 6 heteroatoms. The molecule has 0 aromatic carbocycles. The van der Waals surface area contributed by atoms with Crippen molar-refractivity contribution in [1.82, 2.24) is 0 Å². The minimum absolute atomic E-state index is 0.0433. The minimum Gasteiger partial charge on any atom is -0.481 e. The normalized spacial score (nSPS) is 45.4. The van der Waals surface area contributed by atoms with E-state index in [0.717, 1.165) is 51.4 Å². The molecule has 5 aliphatic carbocycles. The molecule has 0 aromatic rings. The fraction of sp³-hybridized carbons (Fsp3) is 0.794. The third kappa shape index (κ3) is 3.90. The Labute approximate surface area is 240 Å². The number of fused-ring (bicyclic) bond motifs is 7. The van der Waals surface area contributed by atoms with Crippen LogP contribution in [0.1, 0.15) is 113 Å². The number of aliphatic carboxylic acids is 2. The molecule has 0 heterocycles. The molecule has 0 saturated heterocycles. The van der Waals surface area contributed by atoms with Crippen molar-refractivity contribution in [2.24, 2.45) is 50.7 Å². The summed E-state index contributed by atoms with van der Waals surface area (Å²) < 4.78 is 5.94. The summed E-state index contributed by atoms with van der Waals surface area (Å²) in [5.41, 5.74) is 1.83. The number of carboxylic acid groups (broad SMARTS) is 2. The Bertz CT molecular complexity index is 1160. The summed E-state index contributed by atoms with van der Waals surface area (Å²) in [7, 11) is 0. The summed E-state index contributed by atoms with van der Waals surface area (Å²) >= 11 is 0. The maximum Gasteiger partial charge on any atom is 0.310 e. The van der Waals surface area contributed by atoms with E-state index in [0.29, 0.717) is 17.8 Å². The van der Waals surface area contributed by atoms with Crippen LogP contribution in [0.5, 0.6) is 0 Å². The number of carboxylic acids is 2. The van der Waals surface area contributed by atoms with Gasteiger partial charge in [-0.05, 0) is 91.3 Å². The second-order valence-corrected chi connectivity index (χ2v) is 15.4. The van der Waals surface area contributed by atoms with Crippen LogP contribution >= 0.6 is 0 Å². The van der Waals surface area contributed by atoms with Crippen molar-refractivity contribution < 1.29 is 29.3 Å². The lowest BCUT2D eigenvalue weighted by atomic mass is 9.35. The number of carbonyl (C=O) groups is 3. The van der Waals surface area contributed by atoms with Crippen molar-refractivity contribution in [2.45, 2.75) is 119 Å². The summed E-state index contributed by atoms with van der Waals surface area (Å²) in [6.07, 6.45) is 11.4. The van der Waals surface area contributed by atoms with Crippen LogP contribution in [0.15, 0.2) is 23.3 Å². The van der Waals surface area contributed by atoms with Gasteiger partial charge in [-0.2, -0.15) is 0 Å². The van der Waals surface area contributed by atoms with E-state index < -0.39 is 23.3 Å². The molecule has 0 amide bonds. The van der Waals surface area contributed by atoms with E-state index in [1.807, 2.05) is 0 Å². The molecule has 0 aromatic heterocycles. The molecule has 5 aliphatic rings. The number of allylic oxidation sites excluding steroid dienone is 4. The largest absolute Gasteiger partial charge is 0.481 e. The van der Waals surface area contributed by atoms with Crippen LogP contribution in [0.3, 0.4) is 0 Å². The molecule has 4 fully saturated rings. The van der Waals surface area contributed by atoms with Gasteiger partial charge < -0.3 is 14.9 Å². The van der Waals surface area contributed by atoms with E-state index in [-0.39, 0.29) is 46.5 Å². The van der Waals surface area contributed by atoms with Crippen molar-refractivity contribution in [2.75, 3.05) is 0 Å². The molecule has 40 heavy (non-hydrogen) atoms. The highest BCUT2D eigenvalue weighted by molar-refractivity contribution is 5.77. The zero-order valence-corrected chi connectivity index (χ0v) is 25.6. The molecule has 9 atom stereocenters. The summed E-state index contributed by atoms with van der Waals surface area (Å²) in [5, 5.41) is 19.6. The van der Waals surface area contributed by atoms with Crippen LogP contribution in [0, 0.1) is 50.7 Å². The topological polar surface area (TPSA) is 101 Å². The van der Waals surface area contributed by atoms with Crippen LogP contribution in [0.2, 0.25) is 0 Å². The van der Waals surface area contributed by atoms with Crippen LogP contribution < -0.4 is 0 Å². The van der Waals surface area contributed by atoms with Gasteiger partial charge in [-0.1, -0.05) is 71.8 Å². The Morgan fingerprint density at radius 3 is 2.20 bits per heavy atom. The average molecular weight is 555 g/mol. The molecule has 0 bridgehead atoms. The lowest BCUT2D eigenvalue weighted by molar-refractivity contribution is -0.176. The molecular formula is C34H50O6. The lowest BCUT2D eigenvalue weighted by Gasteiger charge is -2.68. The van der Waals surface area contributed by atoms with Gasteiger partial charge in [0.1, 0.15) is 6.10 Å². The van der Waals surface area contributed by atoms with E-state index in [1.54, 1.807) is 0 Å². The van der Waals surface area contributed by atoms with Gasteiger partial charge >= 0.3 is 17.9 Å². The van der Waals surface area contributed by atoms with Crippen molar-refractivity contribution in [3.63, 3.8) is 0 Å². The number of hydrogen-bond acceptors (Lipinski definition) is 4. The van der Waals surface area contributed by atoms with Crippen molar-refractivity contribution in [3.05, 3.63) is 23.3 Å². The smallest absolute Gasteiger partial charge is 0.310 e. The quantitative estimate of drug-likeness (QED) is 0.343. The number of ether oxygens (including phenoxy) is 1. The summed E-state index contributed by atoms with van der Waals surface area (Å²) in [6, 6.07) is 0. The van der Waals surface area contributed by atoms with E-state index in [9.17, 15) is 19.5 Å². The van der Waals surface area contributed by atoms with Gasteiger partial charge in [0.2, 0.25) is 0 Å². The van der Waals surface area contributed by atoms with Crippen LogP contribution in [-0.2, 0) is 19.1 Å². The highest BCUT2D eigenvalue weighted by atomic mass is 16.5. The van der Waals surface area contributed by atoms with E-state index in [4.69, 9.17) is 9.84 Å². The maximum absolute atomic E-state index is 12.9. The Kier molecular flexibility index (Phi) is 6.95. The zero-order valence-electron chi connectivity index (χ0n) is 25.6. The zero-order chi connectivity index (χ0) is 29.5. The van der Waals surface area contributed by atoms with Gasteiger partial charge in [-0.25, -0.2) is 0 Å². The van der Waals surface area contributed by atoms with Gasteiger partial charge in [0.25, 0.3) is 0 Å².